The first kappa shape index (κ1) is 21.5. The molecule has 3 heterocycles. The van der Waals surface area contributed by atoms with Gasteiger partial charge in [0.2, 0.25) is 5.91 Å². The number of anilines is 1. The molecule has 0 spiro atoms. The predicted molar refractivity (Wildman–Crippen MR) is 117 cm³/mol. The van der Waals surface area contributed by atoms with Gasteiger partial charge in [0.15, 0.2) is 0 Å². The van der Waals surface area contributed by atoms with Crippen molar-refractivity contribution in [1.29, 1.82) is 0 Å². The molecule has 0 aliphatic carbocycles. The summed E-state index contributed by atoms with van der Waals surface area (Å²) >= 11 is 3.36. The number of nitrogens with zero attached hydrogens (tertiary/aromatic N) is 3. The monoisotopic (exact) mass is 489 g/mol. The van der Waals surface area contributed by atoms with Crippen molar-refractivity contribution in [3.05, 3.63) is 52.9 Å². The van der Waals surface area contributed by atoms with Gasteiger partial charge in [-0.25, -0.2) is 15.2 Å². The second kappa shape index (κ2) is 8.81. The highest BCUT2D eigenvalue weighted by molar-refractivity contribution is 9.10. The molecular formula is C21H24BrN5O4. The SMILES string of the molecule is CCN1NC(C)C2C1C(=O)N(Cc1ccco1)C(=O)N2CC(=O)Nc1ccc(Br)cc1. The lowest BCUT2D eigenvalue weighted by Crippen LogP contribution is -2.67. The minimum absolute atomic E-state index is 0.0185. The highest BCUT2D eigenvalue weighted by atomic mass is 79.9. The summed E-state index contributed by atoms with van der Waals surface area (Å²) in [5.41, 5.74) is 3.90. The van der Waals surface area contributed by atoms with Gasteiger partial charge in [0.1, 0.15) is 18.3 Å². The molecule has 0 bridgehead atoms. The van der Waals surface area contributed by atoms with Gasteiger partial charge in [0, 0.05) is 22.7 Å². The Bertz CT molecular complexity index is 965. The van der Waals surface area contributed by atoms with Crippen LogP contribution in [0.1, 0.15) is 19.6 Å². The first-order valence-electron chi connectivity index (χ1n) is 10.1. The van der Waals surface area contributed by atoms with E-state index in [2.05, 4.69) is 26.7 Å². The third kappa shape index (κ3) is 4.23. The molecule has 3 unspecified atom stereocenters. The Kier molecular flexibility index (Phi) is 6.12. The average Bonchev–Trinajstić information content (AvgIpc) is 3.37. The summed E-state index contributed by atoms with van der Waals surface area (Å²) in [5, 5.41) is 4.65. The third-order valence-electron chi connectivity index (χ3n) is 5.57. The molecule has 1 aromatic carbocycles. The number of fused-ring (bicyclic) bond motifs is 1. The van der Waals surface area contributed by atoms with Gasteiger partial charge in [-0.05, 0) is 43.3 Å². The number of halogens is 1. The highest BCUT2D eigenvalue weighted by Gasteiger charge is 2.55. The Morgan fingerprint density at radius 2 is 1.97 bits per heavy atom. The number of carbonyl (C=O) groups excluding carboxylic acids is 3. The Labute approximate surface area is 188 Å². The summed E-state index contributed by atoms with van der Waals surface area (Å²) in [6, 6.07) is 8.90. The molecule has 2 aliphatic rings. The topological polar surface area (TPSA) is 98.1 Å². The highest BCUT2D eigenvalue weighted by Crippen LogP contribution is 2.29. The Balaban J connectivity index is 1.58. The van der Waals surface area contributed by atoms with Crippen LogP contribution in [0.25, 0.3) is 0 Å². The molecule has 164 valence electrons. The van der Waals surface area contributed by atoms with Crippen LogP contribution in [-0.4, -0.2) is 63.9 Å². The maximum absolute atomic E-state index is 13.3. The van der Waals surface area contributed by atoms with Crippen molar-refractivity contribution in [3.8, 4) is 0 Å². The van der Waals surface area contributed by atoms with E-state index in [1.807, 2.05) is 31.0 Å². The fraction of sp³-hybridized carbons (Fsp3) is 0.381. The van der Waals surface area contributed by atoms with Crippen LogP contribution in [0.15, 0.2) is 51.6 Å². The van der Waals surface area contributed by atoms with Crippen molar-refractivity contribution in [3.63, 3.8) is 0 Å². The van der Waals surface area contributed by atoms with E-state index in [0.717, 1.165) is 9.37 Å². The van der Waals surface area contributed by atoms with Crippen LogP contribution in [0.5, 0.6) is 0 Å². The number of benzene rings is 1. The van der Waals surface area contributed by atoms with Crippen LogP contribution in [0.4, 0.5) is 10.5 Å². The molecule has 3 atom stereocenters. The van der Waals surface area contributed by atoms with Gasteiger partial charge in [0.05, 0.1) is 18.8 Å². The molecule has 0 radical (unpaired) electrons. The minimum atomic E-state index is -0.576. The zero-order chi connectivity index (χ0) is 22.1. The van der Waals surface area contributed by atoms with Crippen LogP contribution in [-0.2, 0) is 16.1 Å². The quantitative estimate of drug-likeness (QED) is 0.646. The molecule has 2 fully saturated rings. The van der Waals surface area contributed by atoms with E-state index < -0.39 is 18.1 Å². The van der Waals surface area contributed by atoms with E-state index >= 15 is 0 Å². The normalized spacial score (nSPS) is 23.9. The van der Waals surface area contributed by atoms with E-state index in [0.29, 0.717) is 18.0 Å². The van der Waals surface area contributed by atoms with E-state index in [-0.39, 0.29) is 30.9 Å². The molecule has 1 aromatic heterocycles. The second-order valence-corrected chi connectivity index (χ2v) is 8.52. The summed E-state index contributed by atoms with van der Waals surface area (Å²) in [6.07, 6.45) is 1.50. The summed E-state index contributed by atoms with van der Waals surface area (Å²) < 4.78 is 6.25. The first-order valence-corrected chi connectivity index (χ1v) is 10.9. The van der Waals surface area contributed by atoms with Crippen molar-refractivity contribution in [2.24, 2.45) is 0 Å². The van der Waals surface area contributed by atoms with Crippen LogP contribution in [0, 0.1) is 0 Å². The summed E-state index contributed by atoms with van der Waals surface area (Å²) in [5.74, 6) is -0.125. The van der Waals surface area contributed by atoms with Crippen molar-refractivity contribution >= 4 is 39.5 Å². The maximum atomic E-state index is 13.3. The molecule has 31 heavy (non-hydrogen) atoms. The lowest BCUT2D eigenvalue weighted by molar-refractivity contribution is -0.140. The number of carbonyl (C=O) groups is 3. The van der Waals surface area contributed by atoms with Gasteiger partial charge in [-0.3, -0.25) is 14.5 Å². The summed E-state index contributed by atoms with van der Waals surface area (Å²) in [7, 11) is 0. The van der Waals surface area contributed by atoms with Gasteiger partial charge in [-0.1, -0.05) is 22.9 Å². The Morgan fingerprint density at radius 1 is 1.23 bits per heavy atom. The molecule has 4 rings (SSSR count). The van der Waals surface area contributed by atoms with Gasteiger partial charge in [-0.2, -0.15) is 0 Å². The number of hydrazine groups is 1. The lowest BCUT2D eigenvalue weighted by atomic mass is 9.97. The molecule has 2 N–H and O–H groups in total. The number of hydrogen-bond donors (Lipinski definition) is 2. The largest absolute Gasteiger partial charge is 0.467 e. The molecule has 2 aliphatic heterocycles. The van der Waals surface area contributed by atoms with Crippen molar-refractivity contribution in [1.82, 2.24) is 20.2 Å². The number of imide groups is 1. The minimum Gasteiger partial charge on any atom is -0.467 e. The molecule has 2 saturated heterocycles. The maximum Gasteiger partial charge on any atom is 0.328 e. The molecule has 2 aromatic rings. The standard InChI is InChI=1S/C21H24BrN5O4/c1-3-27-19-18(13(2)24-27)25(12-17(28)23-15-8-6-14(22)7-9-15)21(30)26(20(19)29)11-16-5-4-10-31-16/h4-10,13,18-19,24H,3,11-12H2,1-2H3,(H,23,28). The number of rotatable bonds is 6. The number of likely N-dealkylation sites (N-methyl/N-ethyl adjacent to an activating group) is 1. The zero-order valence-corrected chi connectivity index (χ0v) is 18.8. The third-order valence-corrected chi connectivity index (χ3v) is 6.10. The molecule has 10 heteroatoms. The Hall–Kier alpha value is -2.69. The smallest absolute Gasteiger partial charge is 0.328 e. The molecule has 0 saturated carbocycles. The lowest BCUT2D eigenvalue weighted by Gasteiger charge is -2.43. The number of hydrogen-bond acceptors (Lipinski definition) is 6. The van der Waals surface area contributed by atoms with Crippen LogP contribution >= 0.6 is 15.9 Å². The van der Waals surface area contributed by atoms with E-state index in [1.165, 1.54) is 11.2 Å². The predicted octanol–water partition coefficient (Wildman–Crippen LogP) is 2.41. The van der Waals surface area contributed by atoms with Crippen molar-refractivity contribution in [2.45, 2.75) is 38.5 Å². The number of urea groups is 1. The summed E-state index contributed by atoms with van der Waals surface area (Å²) in [4.78, 5) is 42.0. The van der Waals surface area contributed by atoms with Crippen LogP contribution in [0.2, 0.25) is 0 Å². The van der Waals surface area contributed by atoms with Crippen molar-refractivity contribution < 1.29 is 18.8 Å². The fourth-order valence-electron chi connectivity index (χ4n) is 4.19. The van der Waals surface area contributed by atoms with Gasteiger partial charge < -0.3 is 14.6 Å². The van der Waals surface area contributed by atoms with E-state index in [9.17, 15) is 14.4 Å². The van der Waals surface area contributed by atoms with Crippen molar-refractivity contribution in [2.75, 3.05) is 18.4 Å². The van der Waals surface area contributed by atoms with E-state index in [4.69, 9.17) is 4.42 Å². The number of furan rings is 1. The Morgan fingerprint density at radius 3 is 2.61 bits per heavy atom. The molecule has 9 nitrogen and oxygen atoms in total. The molecular weight excluding hydrogens is 466 g/mol. The van der Waals surface area contributed by atoms with Gasteiger partial charge in [0.25, 0.3) is 5.91 Å². The van der Waals surface area contributed by atoms with Gasteiger partial charge in [-0.15, -0.1) is 0 Å². The van der Waals surface area contributed by atoms with Crippen LogP contribution < -0.4 is 10.7 Å². The number of amides is 4. The summed E-state index contributed by atoms with van der Waals surface area (Å²) in [6.45, 7) is 4.29. The molecule has 4 amide bonds. The fourth-order valence-corrected chi connectivity index (χ4v) is 4.45. The average molecular weight is 490 g/mol. The first-order chi connectivity index (χ1) is 14.9. The number of nitrogens with one attached hydrogen (secondary N) is 2. The zero-order valence-electron chi connectivity index (χ0n) is 17.2. The van der Waals surface area contributed by atoms with E-state index in [1.54, 1.807) is 24.3 Å². The second-order valence-electron chi connectivity index (χ2n) is 7.61. The van der Waals surface area contributed by atoms with Crippen LogP contribution in [0.3, 0.4) is 0 Å². The van der Waals surface area contributed by atoms with Gasteiger partial charge >= 0.3 is 6.03 Å².